The number of hydrogen-bond acceptors (Lipinski definition) is 4. The van der Waals surface area contributed by atoms with Crippen molar-refractivity contribution in [3.05, 3.63) is 24.3 Å². The van der Waals surface area contributed by atoms with Crippen LogP contribution in [0.1, 0.15) is 0 Å². The number of nitrogens with zero attached hydrogens (tertiary/aromatic N) is 2. The van der Waals surface area contributed by atoms with Crippen molar-refractivity contribution < 1.29 is 9.21 Å². The molecular weight excluding hydrogens is 224 g/mol. The van der Waals surface area contributed by atoms with E-state index in [1.165, 1.54) is 11.8 Å². The van der Waals surface area contributed by atoms with Gasteiger partial charge in [-0.25, -0.2) is 4.98 Å². The summed E-state index contributed by atoms with van der Waals surface area (Å²) in [6, 6.07) is 7.55. The molecule has 0 aliphatic carbocycles. The number of rotatable bonds is 3. The first kappa shape index (κ1) is 11.0. The third kappa shape index (κ3) is 2.36. The lowest BCUT2D eigenvalue weighted by Crippen LogP contribution is -2.23. The van der Waals surface area contributed by atoms with Crippen LogP contribution in [0.15, 0.2) is 33.9 Å². The lowest BCUT2D eigenvalue weighted by molar-refractivity contribution is -0.125. The SMILES string of the molecule is CN(C)C(=O)CSc1nc2ccccc2o1. The Kier molecular flexibility index (Phi) is 3.14. The topological polar surface area (TPSA) is 46.3 Å². The number of carbonyl (C=O) groups is 1. The number of fused-ring (bicyclic) bond motifs is 1. The number of oxazole rings is 1. The van der Waals surface area contributed by atoms with E-state index in [1.807, 2.05) is 24.3 Å². The van der Waals surface area contributed by atoms with Gasteiger partial charge in [0.05, 0.1) is 5.75 Å². The molecule has 0 saturated carbocycles. The summed E-state index contributed by atoms with van der Waals surface area (Å²) in [5.74, 6) is 0.395. The van der Waals surface area contributed by atoms with Crippen LogP contribution in [-0.2, 0) is 4.79 Å². The fraction of sp³-hybridized carbons (Fsp3) is 0.273. The fourth-order valence-corrected chi connectivity index (χ4v) is 1.98. The van der Waals surface area contributed by atoms with E-state index < -0.39 is 0 Å². The van der Waals surface area contributed by atoms with Gasteiger partial charge in [-0.05, 0) is 12.1 Å². The summed E-state index contributed by atoms with van der Waals surface area (Å²) >= 11 is 1.31. The zero-order valence-corrected chi connectivity index (χ0v) is 9.95. The maximum absolute atomic E-state index is 11.4. The lowest BCUT2D eigenvalue weighted by Gasteiger charge is -2.07. The van der Waals surface area contributed by atoms with E-state index in [0.717, 1.165) is 11.1 Å². The van der Waals surface area contributed by atoms with Gasteiger partial charge in [-0.3, -0.25) is 4.79 Å². The van der Waals surface area contributed by atoms with Crippen LogP contribution in [0.25, 0.3) is 11.1 Å². The van der Waals surface area contributed by atoms with E-state index in [0.29, 0.717) is 11.0 Å². The van der Waals surface area contributed by atoms with E-state index in [4.69, 9.17) is 4.42 Å². The Morgan fingerprint density at radius 2 is 2.19 bits per heavy atom. The molecule has 2 rings (SSSR count). The number of benzene rings is 1. The first-order chi connectivity index (χ1) is 7.66. The summed E-state index contributed by atoms with van der Waals surface area (Å²) in [5.41, 5.74) is 1.57. The summed E-state index contributed by atoms with van der Waals surface area (Å²) in [6.45, 7) is 0. The van der Waals surface area contributed by atoms with Crippen molar-refractivity contribution in [1.29, 1.82) is 0 Å². The zero-order valence-electron chi connectivity index (χ0n) is 9.14. The van der Waals surface area contributed by atoms with Crippen LogP contribution in [0, 0.1) is 0 Å². The van der Waals surface area contributed by atoms with Crippen molar-refractivity contribution in [3.63, 3.8) is 0 Å². The van der Waals surface area contributed by atoms with Gasteiger partial charge in [-0.1, -0.05) is 23.9 Å². The molecule has 0 spiro atoms. The minimum Gasteiger partial charge on any atom is -0.431 e. The monoisotopic (exact) mass is 236 g/mol. The molecule has 84 valence electrons. The maximum atomic E-state index is 11.4. The van der Waals surface area contributed by atoms with Crippen LogP contribution in [0.3, 0.4) is 0 Å². The van der Waals surface area contributed by atoms with Crippen molar-refractivity contribution in [3.8, 4) is 0 Å². The first-order valence-electron chi connectivity index (χ1n) is 4.85. The number of hydrogen-bond donors (Lipinski definition) is 0. The Bertz CT molecular complexity index is 474. The average molecular weight is 236 g/mol. The van der Waals surface area contributed by atoms with Gasteiger partial charge in [0.1, 0.15) is 5.52 Å². The van der Waals surface area contributed by atoms with Crippen molar-refractivity contribution >= 4 is 28.8 Å². The molecule has 0 radical (unpaired) electrons. The summed E-state index contributed by atoms with van der Waals surface area (Å²) in [5, 5.41) is 0.538. The molecule has 0 fully saturated rings. The summed E-state index contributed by atoms with van der Waals surface area (Å²) < 4.78 is 5.48. The Morgan fingerprint density at radius 1 is 1.44 bits per heavy atom. The van der Waals surface area contributed by atoms with Gasteiger partial charge in [0.25, 0.3) is 5.22 Å². The lowest BCUT2D eigenvalue weighted by atomic mass is 10.3. The minimum absolute atomic E-state index is 0.0484. The second-order valence-corrected chi connectivity index (χ2v) is 4.45. The van der Waals surface area contributed by atoms with E-state index in [1.54, 1.807) is 19.0 Å². The Balaban J connectivity index is 2.07. The van der Waals surface area contributed by atoms with Gasteiger partial charge in [0.15, 0.2) is 5.58 Å². The summed E-state index contributed by atoms with van der Waals surface area (Å²) in [4.78, 5) is 17.2. The third-order valence-electron chi connectivity index (χ3n) is 2.09. The molecule has 1 aromatic heterocycles. The minimum atomic E-state index is 0.0484. The highest BCUT2D eigenvalue weighted by Crippen LogP contribution is 2.22. The summed E-state index contributed by atoms with van der Waals surface area (Å²) in [6.07, 6.45) is 0. The van der Waals surface area contributed by atoms with Crippen molar-refractivity contribution in [1.82, 2.24) is 9.88 Å². The Labute approximate surface area is 97.6 Å². The van der Waals surface area contributed by atoms with Gasteiger partial charge in [-0.2, -0.15) is 0 Å². The van der Waals surface area contributed by atoms with Crippen LogP contribution in [0.4, 0.5) is 0 Å². The molecule has 0 aliphatic heterocycles. The number of amides is 1. The van der Waals surface area contributed by atoms with Crippen LogP contribution in [0.5, 0.6) is 0 Å². The number of thioether (sulfide) groups is 1. The van der Waals surface area contributed by atoms with Crippen LogP contribution < -0.4 is 0 Å². The van der Waals surface area contributed by atoms with Gasteiger partial charge >= 0.3 is 0 Å². The van der Waals surface area contributed by atoms with E-state index in [-0.39, 0.29) is 5.91 Å². The number of carbonyl (C=O) groups excluding carboxylic acids is 1. The molecule has 0 saturated heterocycles. The van der Waals surface area contributed by atoms with Gasteiger partial charge < -0.3 is 9.32 Å². The Hall–Kier alpha value is -1.49. The van der Waals surface area contributed by atoms with Crippen LogP contribution in [-0.4, -0.2) is 35.6 Å². The molecular formula is C11H12N2O2S. The molecule has 0 aliphatic rings. The molecule has 1 heterocycles. The molecule has 0 atom stereocenters. The van der Waals surface area contributed by atoms with Crippen LogP contribution in [0.2, 0.25) is 0 Å². The van der Waals surface area contributed by atoms with Gasteiger partial charge in [0.2, 0.25) is 5.91 Å². The maximum Gasteiger partial charge on any atom is 0.257 e. The van der Waals surface area contributed by atoms with E-state index in [9.17, 15) is 4.79 Å². The molecule has 0 unspecified atom stereocenters. The van der Waals surface area contributed by atoms with Gasteiger partial charge in [0, 0.05) is 14.1 Å². The predicted molar refractivity (Wildman–Crippen MR) is 63.4 cm³/mol. The highest BCUT2D eigenvalue weighted by atomic mass is 32.2. The number of para-hydroxylation sites is 2. The zero-order chi connectivity index (χ0) is 11.5. The molecule has 2 aromatic rings. The van der Waals surface area contributed by atoms with Crippen molar-refractivity contribution in [2.45, 2.75) is 5.22 Å². The van der Waals surface area contributed by atoms with E-state index in [2.05, 4.69) is 4.98 Å². The molecule has 0 bridgehead atoms. The second-order valence-electron chi connectivity index (χ2n) is 3.52. The van der Waals surface area contributed by atoms with Crippen molar-refractivity contribution in [2.24, 2.45) is 0 Å². The largest absolute Gasteiger partial charge is 0.431 e. The molecule has 1 amide bonds. The standard InChI is InChI=1S/C11H12N2O2S/c1-13(2)10(14)7-16-11-12-8-5-3-4-6-9(8)15-11/h3-6H,7H2,1-2H3. The summed E-state index contributed by atoms with van der Waals surface area (Å²) in [7, 11) is 3.46. The Morgan fingerprint density at radius 3 is 2.88 bits per heavy atom. The molecule has 1 aromatic carbocycles. The van der Waals surface area contributed by atoms with Gasteiger partial charge in [-0.15, -0.1) is 0 Å². The predicted octanol–water partition coefficient (Wildman–Crippen LogP) is 2.01. The van der Waals surface area contributed by atoms with Crippen LogP contribution >= 0.6 is 11.8 Å². The molecule has 0 N–H and O–H groups in total. The molecule has 5 heteroatoms. The van der Waals surface area contributed by atoms with E-state index >= 15 is 0 Å². The molecule has 16 heavy (non-hydrogen) atoms. The fourth-order valence-electron chi connectivity index (χ4n) is 1.17. The highest BCUT2D eigenvalue weighted by molar-refractivity contribution is 7.99. The highest BCUT2D eigenvalue weighted by Gasteiger charge is 2.09. The molecule has 4 nitrogen and oxygen atoms in total. The number of aromatic nitrogens is 1. The second kappa shape index (κ2) is 4.57. The quantitative estimate of drug-likeness (QED) is 0.765. The van der Waals surface area contributed by atoms with Crippen molar-refractivity contribution in [2.75, 3.05) is 19.8 Å². The average Bonchev–Trinajstić information content (AvgIpc) is 2.68. The third-order valence-corrected chi connectivity index (χ3v) is 2.91. The smallest absolute Gasteiger partial charge is 0.257 e. The first-order valence-corrected chi connectivity index (χ1v) is 5.84. The normalized spacial score (nSPS) is 10.6.